The molecule has 24 heavy (non-hydrogen) atoms. The molecule has 2 rings (SSSR count). The number of amides is 1. The number of aromatic nitrogens is 3. The van der Waals surface area contributed by atoms with E-state index in [9.17, 15) is 14.4 Å². The number of aliphatic carboxylic acids is 1. The molecule has 0 aliphatic carbocycles. The van der Waals surface area contributed by atoms with Crippen LogP contribution in [0.15, 0.2) is 34.2 Å². The molecule has 0 saturated heterocycles. The van der Waals surface area contributed by atoms with Gasteiger partial charge in [-0.15, -0.1) is 10.2 Å². The summed E-state index contributed by atoms with van der Waals surface area (Å²) in [5.41, 5.74) is 1.25. The molecule has 0 unspecified atom stereocenters. The van der Waals surface area contributed by atoms with E-state index in [0.29, 0.717) is 0 Å². The van der Waals surface area contributed by atoms with Gasteiger partial charge in [0, 0.05) is 12.1 Å². The monoisotopic (exact) mass is 348 g/mol. The van der Waals surface area contributed by atoms with Gasteiger partial charge in [-0.05, 0) is 18.6 Å². The van der Waals surface area contributed by atoms with Gasteiger partial charge in [0.05, 0.1) is 12.2 Å². The number of carbonyl (C=O) groups is 2. The van der Waals surface area contributed by atoms with Gasteiger partial charge in [-0.3, -0.25) is 19.4 Å². The second kappa shape index (κ2) is 8.25. The Balaban J connectivity index is 1.91. The number of aromatic amines is 1. The summed E-state index contributed by atoms with van der Waals surface area (Å²) in [7, 11) is 0. The number of nitrogens with one attached hydrogen (secondary N) is 2. The molecule has 0 radical (unpaired) electrons. The van der Waals surface area contributed by atoms with Crippen LogP contribution in [0.3, 0.4) is 0 Å². The minimum Gasteiger partial charge on any atom is -0.481 e. The highest BCUT2D eigenvalue weighted by Gasteiger charge is 2.10. The van der Waals surface area contributed by atoms with E-state index in [1.54, 1.807) is 6.07 Å². The molecule has 126 valence electrons. The first kappa shape index (κ1) is 17.7. The molecule has 1 amide bonds. The molecule has 0 spiro atoms. The summed E-state index contributed by atoms with van der Waals surface area (Å²) in [6.45, 7) is 1.89. The molecular formula is C15H16N4O4S. The summed E-state index contributed by atoms with van der Waals surface area (Å²) in [5, 5.41) is 19.1. The van der Waals surface area contributed by atoms with Gasteiger partial charge in [-0.1, -0.05) is 30.0 Å². The van der Waals surface area contributed by atoms with Gasteiger partial charge in [-0.2, -0.15) is 0 Å². The molecule has 0 atom stereocenters. The van der Waals surface area contributed by atoms with Crippen molar-refractivity contribution in [2.24, 2.45) is 0 Å². The van der Waals surface area contributed by atoms with Crippen LogP contribution in [0.5, 0.6) is 0 Å². The third kappa shape index (κ3) is 5.20. The molecule has 0 aliphatic heterocycles. The van der Waals surface area contributed by atoms with Crippen LogP contribution in [-0.4, -0.2) is 37.9 Å². The van der Waals surface area contributed by atoms with Gasteiger partial charge in [0.25, 0.3) is 5.56 Å². The molecule has 9 heteroatoms. The maximum absolute atomic E-state index is 11.9. The second-order valence-corrected chi connectivity index (χ2v) is 5.92. The first-order chi connectivity index (χ1) is 11.5. The zero-order valence-electron chi connectivity index (χ0n) is 12.9. The molecule has 1 heterocycles. The Bertz CT molecular complexity index is 806. The lowest BCUT2D eigenvalue weighted by Gasteiger charge is -2.07. The smallest absolute Gasteiger partial charge is 0.303 e. The van der Waals surface area contributed by atoms with Crippen LogP contribution >= 0.6 is 11.8 Å². The molecular weight excluding hydrogens is 332 g/mol. The highest BCUT2D eigenvalue weighted by atomic mass is 32.2. The molecule has 0 aliphatic rings. The quantitative estimate of drug-likeness (QED) is 0.642. The van der Waals surface area contributed by atoms with E-state index in [-0.39, 0.29) is 35.4 Å². The number of rotatable bonds is 7. The van der Waals surface area contributed by atoms with E-state index < -0.39 is 11.5 Å². The maximum Gasteiger partial charge on any atom is 0.303 e. The number of carboxylic acid groups (broad SMARTS) is 1. The number of para-hydroxylation sites is 1. The van der Waals surface area contributed by atoms with E-state index in [1.165, 1.54) is 0 Å². The Hall–Kier alpha value is -2.68. The summed E-state index contributed by atoms with van der Waals surface area (Å²) < 4.78 is 0. The summed E-state index contributed by atoms with van der Waals surface area (Å²) in [6.07, 6.45) is -0.181. The third-order valence-electron chi connectivity index (χ3n) is 3.08. The Morgan fingerprint density at radius 1 is 1.29 bits per heavy atom. The lowest BCUT2D eigenvalue weighted by Crippen LogP contribution is -2.20. The van der Waals surface area contributed by atoms with E-state index >= 15 is 0 Å². The van der Waals surface area contributed by atoms with Gasteiger partial charge in [-0.25, -0.2) is 0 Å². The maximum atomic E-state index is 11.9. The molecule has 3 N–H and O–H groups in total. The van der Waals surface area contributed by atoms with Gasteiger partial charge in [0.15, 0.2) is 5.16 Å². The van der Waals surface area contributed by atoms with Crippen molar-refractivity contribution >= 4 is 29.3 Å². The minimum atomic E-state index is -1.01. The average molecular weight is 348 g/mol. The summed E-state index contributed by atoms with van der Waals surface area (Å²) >= 11 is 1.04. The van der Waals surface area contributed by atoms with Crippen molar-refractivity contribution in [3.8, 4) is 0 Å². The van der Waals surface area contributed by atoms with Crippen LogP contribution in [0.4, 0.5) is 5.69 Å². The van der Waals surface area contributed by atoms with Crippen molar-refractivity contribution in [3.05, 3.63) is 45.9 Å². The molecule has 0 fully saturated rings. The van der Waals surface area contributed by atoms with E-state index in [4.69, 9.17) is 5.11 Å². The normalized spacial score (nSPS) is 10.4. The number of benzene rings is 1. The second-order valence-electron chi connectivity index (χ2n) is 4.95. The summed E-state index contributed by atoms with van der Waals surface area (Å²) in [5.74, 6) is -1.18. The van der Waals surface area contributed by atoms with Crippen molar-refractivity contribution in [1.29, 1.82) is 0 Å². The number of anilines is 1. The zero-order chi connectivity index (χ0) is 17.5. The number of nitrogens with zero attached hydrogens (tertiary/aromatic N) is 2. The highest BCUT2D eigenvalue weighted by Crippen LogP contribution is 2.15. The van der Waals surface area contributed by atoms with Gasteiger partial charge < -0.3 is 10.4 Å². The number of hydrogen-bond acceptors (Lipinski definition) is 6. The van der Waals surface area contributed by atoms with E-state index in [2.05, 4.69) is 20.5 Å². The molecule has 0 saturated carbocycles. The van der Waals surface area contributed by atoms with Crippen LogP contribution in [0.1, 0.15) is 17.7 Å². The van der Waals surface area contributed by atoms with Gasteiger partial charge in [0.1, 0.15) is 5.69 Å². The van der Waals surface area contributed by atoms with Gasteiger partial charge >= 0.3 is 5.97 Å². The molecule has 8 nitrogen and oxygen atoms in total. The standard InChI is InChI=1S/C15H16N4O4S/c1-9-4-2-3-5-10(9)16-12(20)8-24-15-17-14(23)11(18-19-15)6-7-13(21)22/h2-5H,6-8H2,1H3,(H,16,20)(H,21,22)(H,17,19,23). The number of carbonyl (C=O) groups excluding carboxylic acids is 1. The van der Waals surface area contributed by atoms with E-state index in [0.717, 1.165) is 23.0 Å². The third-order valence-corrected chi connectivity index (χ3v) is 3.94. The molecule has 2 aromatic rings. The molecule has 0 bridgehead atoms. The largest absolute Gasteiger partial charge is 0.481 e. The van der Waals surface area contributed by atoms with Crippen LogP contribution in [-0.2, 0) is 16.0 Å². The van der Waals surface area contributed by atoms with Crippen LogP contribution in [0.2, 0.25) is 0 Å². The lowest BCUT2D eigenvalue weighted by molar-refractivity contribution is -0.137. The predicted octanol–water partition coefficient (Wildman–Crippen LogP) is 1.22. The first-order valence-corrected chi connectivity index (χ1v) is 8.10. The van der Waals surface area contributed by atoms with E-state index in [1.807, 2.05) is 25.1 Å². The Kier molecular flexibility index (Phi) is 6.07. The first-order valence-electron chi connectivity index (χ1n) is 7.11. The van der Waals surface area contributed by atoms with Crippen LogP contribution in [0.25, 0.3) is 0 Å². The highest BCUT2D eigenvalue weighted by molar-refractivity contribution is 7.99. The van der Waals surface area contributed by atoms with Crippen LogP contribution < -0.4 is 10.9 Å². The topological polar surface area (TPSA) is 125 Å². The van der Waals surface area contributed by atoms with Crippen molar-refractivity contribution in [3.63, 3.8) is 0 Å². The number of aryl methyl sites for hydroxylation is 2. The predicted molar refractivity (Wildman–Crippen MR) is 89.1 cm³/mol. The Morgan fingerprint density at radius 3 is 2.71 bits per heavy atom. The number of hydrogen-bond donors (Lipinski definition) is 3. The average Bonchev–Trinajstić information content (AvgIpc) is 2.54. The Morgan fingerprint density at radius 2 is 2.04 bits per heavy atom. The minimum absolute atomic E-state index is 0.0103. The SMILES string of the molecule is Cc1ccccc1NC(=O)CSc1nnc(CCC(=O)O)c(=O)[nH]1. The van der Waals surface area contributed by atoms with Crippen LogP contribution in [0, 0.1) is 6.92 Å². The fourth-order valence-electron chi connectivity index (χ4n) is 1.83. The number of carboxylic acids is 1. The van der Waals surface area contributed by atoms with Crippen molar-refractivity contribution in [2.45, 2.75) is 24.9 Å². The van der Waals surface area contributed by atoms with Crippen molar-refractivity contribution < 1.29 is 14.7 Å². The number of thioether (sulfide) groups is 1. The van der Waals surface area contributed by atoms with Gasteiger partial charge in [0.2, 0.25) is 5.91 Å². The number of H-pyrrole nitrogens is 1. The molecule has 1 aromatic carbocycles. The molecule has 1 aromatic heterocycles. The fraction of sp³-hybridized carbons (Fsp3) is 0.267. The lowest BCUT2D eigenvalue weighted by atomic mass is 10.2. The Labute approximate surface area is 141 Å². The van der Waals surface area contributed by atoms with Crippen molar-refractivity contribution in [2.75, 3.05) is 11.1 Å². The summed E-state index contributed by atoms with van der Waals surface area (Å²) in [4.78, 5) is 36.7. The zero-order valence-corrected chi connectivity index (χ0v) is 13.7. The summed E-state index contributed by atoms with van der Waals surface area (Å²) in [6, 6.07) is 7.40. The van der Waals surface area contributed by atoms with Crippen molar-refractivity contribution in [1.82, 2.24) is 15.2 Å². The fourth-order valence-corrected chi connectivity index (χ4v) is 2.44.